The summed E-state index contributed by atoms with van der Waals surface area (Å²) in [6, 6.07) is 1.91. The van der Waals surface area contributed by atoms with Crippen LogP contribution >= 0.6 is 0 Å². The maximum absolute atomic E-state index is 13.4. The van der Waals surface area contributed by atoms with Crippen LogP contribution in [0.4, 0.5) is 0 Å². The van der Waals surface area contributed by atoms with Gasteiger partial charge in [0.1, 0.15) is 0 Å². The number of hydrogen-bond donors (Lipinski definition) is 0. The van der Waals surface area contributed by atoms with Crippen LogP contribution in [-0.2, 0) is 19.0 Å². The molecule has 31 heavy (non-hydrogen) atoms. The number of ether oxygens (including phenoxy) is 7. The fourth-order valence-corrected chi connectivity index (χ4v) is 5.49. The number of methoxy groups -OCH3 is 4. The second-order valence-electron chi connectivity index (χ2n) is 8.27. The third-order valence-electron chi connectivity index (χ3n) is 7.04. The molecule has 4 aliphatic rings. The number of fused-ring (bicyclic) bond motifs is 2. The van der Waals surface area contributed by atoms with Crippen molar-refractivity contribution in [3.8, 4) is 23.0 Å². The topological polar surface area (TPSA) is 81.7 Å². The molecule has 0 bridgehead atoms. The quantitative estimate of drug-likeness (QED) is 0.721. The second kappa shape index (κ2) is 6.82. The Morgan fingerprint density at radius 1 is 1.03 bits per heavy atom. The van der Waals surface area contributed by atoms with Gasteiger partial charge >= 0.3 is 0 Å². The van der Waals surface area contributed by atoms with Crippen LogP contribution in [-0.4, -0.2) is 46.8 Å². The van der Waals surface area contributed by atoms with E-state index < -0.39 is 11.7 Å². The molecule has 0 aromatic heterocycles. The fourth-order valence-electron chi connectivity index (χ4n) is 5.49. The van der Waals surface area contributed by atoms with Crippen molar-refractivity contribution in [3.63, 3.8) is 0 Å². The van der Waals surface area contributed by atoms with Crippen LogP contribution in [0.1, 0.15) is 25.3 Å². The standard InChI is InChI=1S/C23H26O8/c1-10-7-13-16-15(11(10)2)12-8-14(25-3)19(26-4)21(28-6)18(12)31-23(16)22(29-9-30-23)20(27-5)17(13)24/h7-8,10-11,15-16H,9H2,1-6H3/t10-,11+,15+,16+,23-/m0/s1. The smallest absolute Gasteiger partial charge is 0.283 e. The minimum absolute atomic E-state index is 0.0408. The molecule has 0 saturated carbocycles. The Hall–Kier alpha value is -2.87. The summed E-state index contributed by atoms with van der Waals surface area (Å²) >= 11 is 0. The normalized spacial score (nSPS) is 32.7. The maximum atomic E-state index is 13.4. The molecule has 166 valence electrons. The van der Waals surface area contributed by atoms with E-state index >= 15 is 0 Å². The van der Waals surface area contributed by atoms with Crippen LogP contribution in [0.25, 0.3) is 0 Å². The van der Waals surface area contributed by atoms with Crippen molar-refractivity contribution in [2.24, 2.45) is 17.8 Å². The average Bonchev–Trinajstić information content (AvgIpc) is 3.18. The first kappa shape index (κ1) is 20.1. The van der Waals surface area contributed by atoms with E-state index in [2.05, 4.69) is 13.8 Å². The number of Topliss-reactive ketones (excluding diaryl/α,β-unsaturated/α-hetero) is 1. The Balaban J connectivity index is 1.86. The summed E-state index contributed by atoms with van der Waals surface area (Å²) in [5.74, 6) is 0.575. The van der Waals surface area contributed by atoms with Crippen LogP contribution in [0.5, 0.6) is 23.0 Å². The van der Waals surface area contributed by atoms with Gasteiger partial charge in [0.15, 0.2) is 18.3 Å². The van der Waals surface area contributed by atoms with Crippen LogP contribution < -0.4 is 18.9 Å². The largest absolute Gasteiger partial charge is 0.493 e. The second-order valence-corrected chi connectivity index (χ2v) is 8.27. The molecule has 1 aromatic carbocycles. The summed E-state index contributed by atoms with van der Waals surface area (Å²) in [7, 11) is 6.13. The van der Waals surface area contributed by atoms with Crippen molar-refractivity contribution in [1.29, 1.82) is 0 Å². The molecule has 8 heteroatoms. The summed E-state index contributed by atoms with van der Waals surface area (Å²) in [4.78, 5) is 13.4. The Kier molecular flexibility index (Phi) is 4.41. The number of carbonyl (C=O) groups is 1. The molecule has 0 N–H and O–H groups in total. The van der Waals surface area contributed by atoms with Crippen molar-refractivity contribution < 1.29 is 38.0 Å². The predicted molar refractivity (Wildman–Crippen MR) is 108 cm³/mol. The highest BCUT2D eigenvalue weighted by atomic mass is 16.8. The van der Waals surface area contributed by atoms with Crippen molar-refractivity contribution >= 4 is 5.78 Å². The van der Waals surface area contributed by atoms with Gasteiger partial charge in [-0.05, 0) is 17.9 Å². The number of benzene rings is 1. The van der Waals surface area contributed by atoms with Gasteiger partial charge in [0.25, 0.3) is 5.79 Å². The van der Waals surface area contributed by atoms with E-state index in [9.17, 15) is 4.79 Å². The highest BCUT2D eigenvalue weighted by Gasteiger charge is 2.67. The molecule has 0 radical (unpaired) electrons. The average molecular weight is 430 g/mol. The van der Waals surface area contributed by atoms with Gasteiger partial charge in [-0.25, -0.2) is 0 Å². The third kappa shape index (κ3) is 2.36. The number of hydrogen-bond acceptors (Lipinski definition) is 8. The Bertz CT molecular complexity index is 1020. The van der Waals surface area contributed by atoms with E-state index in [0.717, 1.165) is 5.56 Å². The zero-order chi connectivity index (χ0) is 22.1. The van der Waals surface area contributed by atoms with Gasteiger partial charge in [-0.15, -0.1) is 0 Å². The van der Waals surface area contributed by atoms with Crippen molar-refractivity contribution in [2.75, 3.05) is 35.2 Å². The van der Waals surface area contributed by atoms with Gasteiger partial charge in [-0.3, -0.25) is 9.53 Å². The Morgan fingerprint density at radius 3 is 2.42 bits per heavy atom. The van der Waals surface area contributed by atoms with Crippen molar-refractivity contribution in [3.05, 3.63) is 34.8 Å². The lowest BCUT2D eigenvalue weighted by Crippen LogP contribution is -2.57. The maximum Gasteiger partial charge on any atom is 0.283 e. The number of rotatable bonds is 4. The van der Waals surface area contributed by atoms with E-state index in [1.807, 2.05) is 12.1 Å². The lowest BCUT2D eigenvalue weighted by molar-refractivity contribution is -0.185. The first-order valence-corrected chi connectivity index (χ1v) is 10.3. The molecule has 1 spiro atoms. The van der Waals surface area contributed by atoms with Crippen LogP contribution in [0.3, 0.4) is 0 Å². The summed E-state index contributed by atoms with van der Waals surface area (Å²) < 4.78 is 40.8. The molecular weight excluding hydrogens is 404 g/mol. The minimum atomic E-state index is -1.32. The summed E-state index contributed by atoms with van der Waals surface area (Å²) in [6.07, 6.45) is 2.01. The molecule has 1 saturated heterocycles. The molecule has 2 aliphatic carbocycles. The van der Waals surface area contributed by atoms with Crippen molar-refractivity contribution in [2.45, 2.75) is 25.6 Å². The molecule has 1 fully saturated rings. The third-order valence-corrected chi connectivity index (χ3v) is 7.04. The van der Waals surface area contributed by atoms with E-state index in [4.69, 9.17) is 33.2 Å². The van der Waals surface area contributed by atoms with E-state index in [1.54, 1.807) is 21.3 Å². The van der Waals surface area contributed by atoms with Gasteiger partial charge in [-0.2, -0.15) is 0 Å². The lowest BCUT2D eigenvalue weighted by atomic mass is 9.59. The minimum Gasteiger partial charge on any atom is -0.493 e. The molecule has 2 heterocycles. The molecule has 1 aromatic rings. The first-order valence-electron chi connectivity index (χ1n) is 10.3. The van der Waals surface area contributed by atoms with Gasteiger partial charge in [0.2, 0.25) is 28.8 Å². The number of allylic oxidation sites excluding steroid dienone is 2. The molecule has 8 nitrogen and oxygen atoms in total. The van der Waals surface area contributed by atoms with Gasteiger partial charge in [0.05, 0.1) is 34.4 Å². The highest BCUT2D eigenvalue weighted by Crippen LogP contribution is 2.64. The fraction of sp³-hybridized carbons (Fsp3) is 0.522. The summed E-state index contributed by atoms with van der Waals surface area (Å²) in [5.41, 5.74) is 1.51. The van der Waals surface area contributed by atoms with Crippen LogP contribution in [0, 0.1) is 17.8 Å². The molecule has 2 aliphatic heterocycles. The van der Waals surface area contributed by atoms with Gasteiger partial charge in [-0.1, -0.05) is 19.9 Å². The monoisotopic (exact) mass is 430 g/mol. The van der Waals surface area contributed by atoms with Gasteiger partial charge < -0.3 is 28.4 Å². The summed E-state index contributed by atoms with van der Waals surface area (Å²) in [5, 5.41) is 0. The highest BCUT2D eigenvalue weighted by molar-refractivity contribution is 6.09. The summed E-state index contributed by atoms with van der Waals surface area (Å²) in [6.45, 7) is 4.24. The van der Waals surface area contributed by atoms with Crippen LogP contribution in [0.2, 0.25) is 0 Å². The molecular formula is C23H26O8. The Labute approximate surface area is 180 Å². The van der Waals surface area contributed by atoms with Crippen molar-refractivity contribution in [1.82, 2.24) is 0 Å². The zero-order valence-electron chi connectivity index (χ0n) is 18.4. The lowest BCUT2D eigenvalue weighted by Gasteiger charge is -2.52. The Morgan fingerprint density at radius 2 is 1.77 bits per heavy atom. The van der Waals surface area contributed by atoms with E-state index in [-0.39, 0.29) is 41.8 Å². The van der Waals surface area contributed by atoms with E-state index in [1.165, 1.54) is 7.11 Å². The number of carbonyl (C=O) groups excluding carboxylic acids is 1. The molecule has 0 unspecified atom stereocenters. The first-order chi connectivity index (χ1) is 14.9. The SMILES string of the molecule is COC1=C2OCO[C@@]23Oc2c(cc(OC)c(OC)c2OC)[C@H]2[C@H](C)[C@@H](C)C=C(C1=O)[C@H]23. The predicted octanol–water partition coefficient (Wildman–Crippen LogP) is 3.16. The van der Waals surface area contributed by atoms with E-state index in [0.29, 0.717) is 28.6 Å². The molecule has 5 rings (SSSR count). The molecule has 5 atom stereocenters. The number of ketones is 1. The van der Waals surface area contributed by atoms with Gasteiger partial charge in [0, 0.05) is 17.1 Å². The molecule has 0 amide bonds. The zero-order valence-corrected chi connectivity index (χ0v) is 18.4. The van der Waals surface area contributed by atoms with Crippen LogP contribution in [0.15, 0.2) is 29.2 Å².